The molecule has 3 nitrogen and oxygen atoms in total. The van der Waals surface area contributed by atoms with E-state index in [1.54, 1.807) is 0 Å². The Hall–Kier alpha value is -1.13. The highest BCUT2D eigenvalue weighted by Gasteiger charge is 2.23. The van der Waals surface area contributed by atoms with Crippen LogP contribution in [0.2, 0.25) is 0 Å². The summed E-state index contributed by atoms with van der Waals surface area (Å²) in [6.45, 7) is 3.25. The molecule has 106 valence electrons. The molecule has 0 spiro atoms. The first-order valence-electron chi connectivity index (χ1n) is 7.07. The van der Waals surface area contributed by atoms with Crippen LogP contribution in [0.1, 0.15) is 36.7 Å². The smallest absolute Gasteiger partial charge is 0.199 e. The summed E-state index contributed by atoms with van der Waals surface area (Å²) in [7, 11) is 0. The minimum absolute atomic E-state index is 0.0870. The average Bonchev–Trinajstić information content (AvgIpc) is 2.81. The number of benzene rings is 1. The normalized spacial score (nSPS) is 23.1. The van der Waals surface area contributed by atoms with E-state index < -0.39 is 0 Å². The monoisotopic (exact) mass is 335 g/mol. The zero-order valence-electron chi connectivity index (χ0n) is 11.5. The van der Waals surface area contributed by atoms with Crippen molar-refractivity contribution in [1.29, 1.82) is 0 Å². The van der Waals surface area contributed by atoms with E-state index in [4.69, 9.17) is 4.42 Å². The van der Waals surface area contributed by atoms with Gasteiger partial charge < -0.3 is 9.73 Å². The number of fused-ring (bicyclic) bond motifs is 1. The summed E-state index contributed by atoms with van der Waals surface area (Å²) in [5.41, 5.74) is 0.765. The Labute approximate surface area is 126 Å². The molecule has 1 aromatic heterocycles. The zero-order chi connectivity index (χ0) is 14.1. The second-order valence-electron chi connectivity index (χ2n) is 5.70. The molecule has 3 rings (SSSR count). The number of piperidine rings is 1. The molecule has 4 heteroatoms. The van der Waals surface area contributed by atoms with E-state index in [0.29, 0.717) is 18.1 Å². The summed E-state index contributed by atoms with van der Waals surface area (Å²) in [5.74, 6) is 1.25. The largest absolute Gasteiger partial charge is 0.453 e. The fourth-order valence-electron chi connectivity index (χ4n) is 2.85. The Bertz CT molecular complexity index is 634. The van der Waals surface area contributed by atoms with Crippen LogP contribution in [-0.2, 0) is 0 Å². The first-order valence-corrected chi connectivity index (χ1v) is 7.87. The van der Waals surface area contributed by atoms with Gasteiger partial charge >= 0.3 is 0 Å². The Morgan fingerprint density at radius 3 is 3.10 bits per heavy atom. The first kappa shape index (κ1) is 13.8. The second kappa shape index (κ2) is 5.70. The first-order chi connectivity index (χ1) is 9.61. The molecular weight excluding hydrogens is 318 g/mol. The zero-order valence-corrected chi connectivity index (χ0v) is 13.1. The van der Waals surface area contributed by atoms with Crippen LogP contribution in [0.3, 0.4) is 0 Å². The van der Waals surface area contributed by atoms with E-state index in [9.17, 15) is 4.79 Å². The molecule has 0 aliphatic carbocycles. The summed E-state index contributed by atoms with van der Waals surface area (Å²) < 4.78 is 6.65. The highest BCUT2D eigenvalue weighted by molar-refractivity contribution is 9.10. The maximum Gasteiger partial charge on any atom is 0.199 e. The number of nitrogens with one attached hydrogen (secondary N) is 1. The fourth-order valence-corrected chi connectivity index (χ4v) is 3.23. The fraction of sp³-hybridized carbons (Fsp3) is 0.438. The van der Waals surface area contributed by atoms with E-state index in [0.717, 1.165) is 28.4 Å². The van der Waals surface area contributed by atoms with Gasteiger partial charge in [0, 0.05) is 22.3 Å². The highest BCUT2D eigenvalue weighted by Crippen LogP contribution is 2.25. The molecule has 1 aliphatic heterocycles. The quantitative estimate of drug-likeness (QED) is 0.856. The van der Waals surface area contributed by atoms with E-state index in [1.807, 2.05) is 24.3 Å². The number of hydrogen-bond donors (Lipinski definition) is 1. The Kier molecular flexibility index (Phi) is 3.94. The van der Waals surface area contributed by atoms with Gasteiger partial charge in [0.15, 0.2) is 11.5 Å². The number of carbonyl (C=O) groups excluding carboxylic acids is 1. The van der Waals surface area contributed by atoms with Gasteiger partial charge in [0.1, 0.15) is 5.58 Å². The van der Waals surface area contributed by atoms with Gasteiger partial charge in [0.25, 0.3) is 0 Å². The molecular formula is C16H18BrNO2. The minimum atomic E-state index is 0.0870. The summed E-state index contributed by atoms with van der Waals surface area (Å²) in [6, 6.07) is 7.90. The summed E-state index contributed by atoms with van der Waals surface area (Å²) in [4.78, 5) is 12.3. The van der Waals surface area contributed by atoms with E-state index >= 15 is 0 Å². The van der Waals surface area contributed by atoms with Crippen LogP contribution in [0.25, 0.3) is 11.0 Å². The van der Waals surface area contributed by atoms with Crippen molar-refractivity contribution >= 4 is 32.7 Å². The van der Waals surface area contributed by atoms with Gasteiger partial charge in [-0.15, -0.1) is 0 Å². The summed E-state index contributed by atoms with van der Waals surface area (Å²) in [6.07, 6.45) is 2.78. The van der Waals surface area contributed by atoms with Gasteiger partial charge in [-0.3, -0.25) is 4.79 Å². The van der Waals surface area contributed by atoms with Crippen molar-refractivity contribution in [2.75, 3.05) is 6.54 Å². The van der Waals surface area contributed by atoms with Crippen molar-refractivity contribution in [2.24, 2.45) is 5.92 Å². The number of rotatable bonds is 3. The number of Topliss-reactive ketones (excluding diaryl/α,β-unsaturated/α-hetero) is 1. The Morgan fingerprint density at radius 2 is 2.30 bits per heavy atom. The van der Waals surface area contributed by atoms with Crippen LogP contribution in [0.4, 0.5) is 0 Å². The van der Waals surface area contributed by atoms with Gasteiger partial charge in [0.05, 0.1) is 0 Å². The molecule has 0 radical (unpaired) electrons. The van der Waals surface area contributed by atoms with Crippen LogP contribution in [0, 0.1) is 5.92 Å². The molecule has 20 heavy (non-hydrogen) atoms. The number of carbonyl (C=O) groups is 1. The maximum atomic E-state index is 12.3. The lowest BCUT2D eigenvalue weighted by atomic mass is 9.91. The molecule has 0 amide bonds. The van der Waals surface area contributed by atoms with Crippen LogP contribution < -0.4 is 5.32 Å². The lowest BCUT2D eigenvalue weighted by Gasteiger charge is -2.27. The number of ketones is 1. The van der Waals surface area contributed by atoms with E-state index in [1.165, 1.54) is 6.42 Å². The highest BCUT2D eigenvalue weighted by atomic mass is 79.9. The minimum Gasteiger partial charge on any atom is -0.453 e. The van der Waals surface area contributed by atoms with Crippen LogP contribution in [0.15, 0.2) is 33.2 Å². The van der Waals surface area contributed by atoms with Gasteiger partial charge in [-0.2, -0.15) is 0 Å². The predicted octanol–water partition coefficient (Wildman–Crippen LogP) is 4.16. The SMILES string of the molecule is CC1CCNC(CC(=O)c2cc3cc(Br)ccc3o2)C1. The van der Waals surface area contributed by atoms with Crippen LogP contribution in [-0.4, -0.2) is 18.4 Å². The van der Waals surface area contributed by atoms with E-state index in [2.05, 4.69) is 28.2 Å². The second-order valence-corrected chi connectivity index (χ2v) is 6.62. The molecule has 2 unspecified atom stereocenters. The number of hydrogen-bond acceptors (Lipinski definition) is 3. The molecule has 1 aromatic carbocycles. The molecule has 2 heterocycles. The topological polar surface area (TPSA) is 42.2 Å². The lowest BCUT2D eigenvalue weighted by molar-refractivity contribution is 0.0934. The van der Waals surface area contributed by atoms with Crippen LogP contribution in [0.5, 0.6) is 0 Å². The Morgan fingerprint density at radius 1 is 1.45 bits per heavy atom. The van der Waals surface area contributed by atoms with Crippen molar-refractivity contribution in [1.82, 2.24) is 5.32 Å². The van der Waals surface area contributed by atoms with Gasteiger partial charge in [-0.1, -0.05) is 22.9 Å². The molecule has 0 saturated carbocycles. The number of halogens is 1. The summed E-state index contributed by atoms with van der Waals surface area (Å²) >= 11 is 3.43. The van der Waals surface area contributed by atoms with E-state index in [-0.39, 0.29) is 11.8 Å². The third kappa shape index (κ3) is 2.96. The predicted molar refractivity (Wildman–Crippen MR) is 83.1 cm³/mol. The van der Waals surface area contributed by atoms with Gasteiger partial charge in [-0.05, 0) is 49.6 Å². The molecule has 1 fully saturated rings. The summed E-state index contributed by atoms with van der Waals surface area (Å²) in [5, 5.41) is 4.39. The van der Waals surface area contributed by atoms with Crippen molar-refractivity contribution in [2.45, 2.75) is 32.2 Å². The molecule has 2 atom stereocenters. The molecule has 0 bridgehead atoms. The van der Waals surface area contributed by atoms with Crippen molar-refractivity contribution in [3.05, 3.63) is 34.5 Å². The maximum absolute atomic E-state index is 12.3. The third-order valence-corrected chi connectivity index (χ3v) is 4.44. The standard InChI is InChI=1S/C16H18BrNO2/c1-10-4-5-18-13(6-10)9-14(19)16-8-11-7-12(17)2-3-15(11)20-16/h2-3,7-8,10,13,18H,4-6,9H2,1H3. The number of furan rings is 1. The van der Waals surface area contributed by atoms with Crippen LogP contribution >= 0.6 is 15.9 Å². The van der Waals surface area contributed by atoms with Crippen molar-refractivity contribution in [3.63, 3.8) is 0 Å². The van der Waals surface area contributed by atoms with Crippen molar-refractivity contribution < 1.29 is 9.21 Å². The van der Waals surface area contributed by atoms with Gasteiger partial charge in [0.2, 0.25) is 0 Å². The lowest BCUT2D eigenvalue weighted by Crippen LogP contribution is -2.38. The Balaban J connectivity index is 1.75. The average molecular weight is 336 g/mol. The van der Waals surface area contributed by atoms with Gasteiger partial charge in [-0.25, -0.2) is 0 Å². The third-order valence-electron chi connectivity index (χ3n) is 3.94. The van der Waals surface area contributed by atoms with Crippen molar-refractivity contribution in [3.8, 4) is 0 Å². The molecule has 1 N–H and O–H groups in total. The molecule has 1 aliphatic rings. The molecule has 2 aromatic rings. The molecule has 1 saturated heterocycles.